The van der Waals surface area contributed by atoms with Gasteiger partial charge in [-0.25, -0.2) is 4.79 Å². The molecule has 0 bridgehead atoms. The summed E-state index contributed by atoms with van der Waals surface area (Å²) in [6, 6.07) is 19.3. The fraction of sp³-hybridized carbons (Fsp3) is 0.250. The van der Waals surface area contributed by atoms with Gasteiger partial charge >= 0.3 is 6.03 Å². The Morgan fingerprint density at radius 2 is 1.72 bits per heavy atom. The van der Waals surface area contributed by atoms with Gasteiger partial charge in [0.15, 0.2) is 5.78 Å². The van der Waals surface area contributed by atoms with Gasteiger partial charge in [-0.05, 0) is 75.5 Å². The van der Waals surface area contributed by atoms with Gasteiger partial charge in [-0.1, -0.05) is 50.2 Å². The van der Waals surface area contributed by atoms with E-state index < -0.39 is 0 Å². The van der Waals surface area contributed by atoms with Crippen molar-refractivity contribution in [1.82, 2.24) is 10.6 Å². The quantitative estimate of drug-likeness (QED) is 0.333. The van der Waals surface area contributed by atoms with Gasteiger partial charge in [-0.3, -0.25) is 4.79 Å². The third-order valence-electron chi connectivity index (χ3n) is 4.88. The molecule has 5 heteroatoms. The van der Waals surface area contributed by atoms with Crippen LogP contribution in [0.1, 0.15) is 47.7 Å². The molecule has 29 heavy (non-hydrogen) atoms. The number of hydrogen-bond acceptors (Lipinski definition) is 2. The van der Waals surface area contributed by atoms with Crippen molar-refractivity contribution in [2.45, 2.75) is 26.2 Å². The molecule has 0 aliphatic rings. The maximum absolute atomic E-state index is 13.0. The average Bonchev–Trinajstić information content (AvgIpc) is 2.75. The van der Waals surface area contributed by atoms with Crippen LogP contribution in [-0.4, -0.2) is 24.9 Å². The molecule has 0 spiro atoms. The second-order valence-corrected chi connectivity index (χ2v) is 8.41. The summed E-state index contributed by atoms with van der Waals surface area (Å²) in [5.74, 6) is 0.0692. The number of ketones is 1. The smallest absolute Gasteiger partial charge is 0.314 e. The van der Waals surface area contributed by atoms with Crippen LogP contribution in [0.3, 0.4) is 0 Å². The van der Waals surface area contributed by atoms with Gasteiger partial charge in [0.05, 0.1) is 0 Å². The third kappa shape index (κ3) is 5.35. The van der Waals surface area contributed by atoms with Crippen LogP contribution in [0.2, 0.25) is 0 Å². The van der Waals surface area contributed by atoms with Crippen molar-refractivity contribution in [3.63, 3.8) is 0 Å². The van der Waals surface area contributed by atoms with Crippen molar-refractivity contribution in [1.29, 1.82) is 0 Å². The normalized spacial score (nSPS) is 11.8. The molecule has 0 aliphatic heterocycles. The summed E-state index contributed by atoms with van der Waals surface area (Å²) in [6.45, 7) is 5.25. The molecule has 0 saturated carbocycles. The lowest BCUT2D eigenvalue weighted by atomic mass is 9.90. The number of carbonyl (C=O) groups is 2. The summed E-state index contributed by atoms with van der Waals surface area (Å²) < 4.78 is 1.14. The van der Waals surface area contributed by atoms with E-state index in [1.54, 1.807) is 0 Å². The molecule has 4 nitrogen and oxygen atoms in total. The molecule has 3 aromatic carbocycles. The van der Waals surface area contributed by atoms with Gasteiger partial charge < -0.3 is 10.6 Å². The average molecular weight is 500 g/mol. The monoisotopic (exact) mass is 500 g/mol. The molecule has 150 valence electrons. The fourth-order valence-electron chi connectivity index (χ4n) is 3.31. The Bertz CT molecular complexity index is 1020. The zero-order valence-corrected chi connectivity index (χ0v) is 18.8. The van der Waals surface area contributed by atoms with Crippen LogP contribution in [-0.2, 0) is 0 Å². The fourth-order valence-corrected chi connectivity index (χ4v) is 3.80. The predicted octanol–water partition coefficient (Wildman–Crippen LogP) is 5.49. The van der Waals surface area contributed by atoms with Crippen molar-refractivity contribution in [2.24, 2.45) is 0 Å². The van der Waals surface area contributed by atoms with Crippen LogP contribution in [0, 0.1) is 3.57 Å². The van der Waals surface area contributed by atoms with Crippen LogP contribution in [0.15, 0.2) is 60.7 Å². The lowest BCUT2D eigenvalue weighted by Gasteiger charge is -2.18. The van der Waals surface area contributed by atoms with E-state index in [2.05, 4.69) is 52.3 Å². The first kappa shape index (κ1) is 21.3. The van der Waals surface area contributed by atoms with Gasteiger partial charge in [0, 0.05) is 27.8 Å². The topological polar surface area (TPSA) is 58.2 Å². The number of urea groups is 1. The Labute approximate surface area is 185 Å². The van der Waals surface area contributed by atoms with E-state index >= 15 is 0 Å². The highest BCUT2D eigenvalue weighted by Crippen LogP contribution is 2.29. The number of hydrogen-bond donors (Lipinski definition) is 2. The maximum atomic E-state index is 13.0. The van der Waals surface area contributed by atoms with Gasteiger partial charge in [0.25, 0.3) is 0 Å². The minimum Gasteiger partial charge on any atom is -0.338 e. The van der Waals surface area contributed by atoms with E-state index in [1.807, 2.05) is 55.5 Å². The molecule has 0 aromatic heterocycles. The highest BCUT2D eigenvalue weighted by Gasteiger charge is 2.17. The highest BCUT2D eigenvalue weighted by atomic mass is 127. The molecule has 2 amide bonds. The summed E-state index contributed by atoms with van der Waals surface area (Å²) in [6.07, 6.45) is 0.899. The number of amides is 2. The highest BCUT2D eigenvalue weighted by molar-refractivity contribution is 14.1. The van der Waals surface area contributed by atoms with E-state index in [-0.39, 0.29) is 17.7 Å². The number of halogens is 1. The van der Waals surface area contributed by atoms with Gasteiger partial charge in [0.2, 0.25) is 0 Å². The van der Waals surface area contributed by atoms with Gasteiger partial charge in [0.1, 0.15) is 0 Å². The van der Waals surface area contributed by atoms with Crippen molar-refractivity contribution in [2.75, 3.05) is 13.1 Å². The lowest BCUT2D eigenvalue weighted by Crippen LogP contribution is -2.37. The van der Waals surface area contributed by atoms with Crippen molar-refractivity contribution in [3.05, 3.63) is 80.9 Å². The molecular formula is C24H25IN2O2. The first-order valence-corrected chi connectivity index (χ1v) is 10.9. The molecule has 1 atom stereocenters. The number of carbonyl (C=O) groups excluding carboxylic acids is 2. The second-order valence-electron chi connectivity index (χ2n) is 7.16. The molecule has 2 N–H and O–H groups in total. The molecule has 0 heterocycles. The maximum Gasteiger partial charge on any atom is 0.314 e. The van der Waals surface area contributed by atoms with E-state index in [4.69, 9.17) is 0 Å². The van der Waals surface area contributed by atoms with Crippen LogP contribution >= 0.6 is 22.6 Å². The Morgan fingerprint density at radius 1 is 0.966 bits per heavy atom. The number of nitrogens with one attached hydrogen (secondary N) is 2. The van der Waals surface area contributed by atoms with E-state index in [0.29, 0.717) is 24.2 Å². The molecule has 0 saturated heterocycles. The first-order chi connectivity index (χ1) is 14.0. The number of rotatable bonds is 7. The van der Waals surface area contributed by atoms with Crippen molar-refractivity contribution >= 4 is 45.2 Å². The zero-order chi connectivity index (χ0) is 20.8. The summed E-state index contributed by atoms with van der Waals surface area (Å²) in [5, 5.41) is 7.92. The van der Waals surface area contributed by atoms with Gasteiger partial charge in [-0.2, -0.15) is 0 Å². The lowest BCUT2D eigenvalue weighted by molar-refractivity contribution is 0.103. The molecule has 0 radical (unpaired) electrons. The largest absolute Gasteiger partial charge is 0.338 e. The Kier molecular flexibility index (Phi) is 7.25. The van der Waals surface area contributed by atoms with Crippen LogP contribution in [0.5, 0.6) is 0 Å². The Morgan fingerprint density at radius 3 is 2.45 bits per heavy atom. The first-order valence-electron chi connectivity index (χ1n) is 9.84. The van der Waals surface area contributed by atoms with E-state index in [9.17, 15) is 9.59 Å². The minimum absolute atomic E-state index is 0.00754. The summed E-state index contributed by atoms with van der Waals surface area (Å²) >= 11 is 2.30. The summed E-state index contributed by atoms with van der Waals surface area (Å²) in [4.78, 5) is 25.0. The molecule has 0 aliphatic carbocycles. The van der Waals surface area contributed by atoms with E-state index in [1.165, 1.54) is 0 Å². The van der Waals surface area contributed by atoms with Crippen LogP contribution in [0.4, 0.5) is 4.79 Å². The molecule has 3 rings (SSSR count). The summed E-state index contributed by atoms with van der Waals surface area (Å²) in [5.41, 5.74) is 2.41. The molecule has 1 unspecified atom stereocenters. The molecular weight excluding hydrogens is 475 g/mol. The predicted molar refractivity (Wildman–Crippen MR) is 127 cm³/mol. The third-order valence-corrected chi connectivity index (χ3v) is 5.55. The standard InChI is InChI=1S/C24H25IN2O2/c1-3-11-26-24(29)27-15-16(2)21-13-19(23(28)17-7-5-4-6-8-17)12-18-9-10-20(25)14-22(18)21/h4-10,12-14,16H,3,11,15H2,1-2H3,(H2,26,27,29). The zero-order valence-electron chi connectivity index (χ0n) is 16.7. The summed E-state index contributed by atoms with van der Waals surface area (Å²) in [7, 11) is 0. The Hall–Kier alpha value is -2.41. The van der Waals surface area contributed by atoms with Gasteiger partial charge in [-0.15, -0.1) is 0 Å². The molecule has 3 aromatic rings. The number of fused-ring (bicyclic) bond motifs is 1. The number of benzene rings is 3. The van der Waals surface area contributed by atoms with Crippen LogP contribution < -0.4 is 10.6 Å². The molecule has 0 fully saturated rings. The van der Waals surface area contributed by atoms with Crippen LogP contribution in [0.25, 0.3) is 10.8 Å². The SMILES string of the molecule is CCCNC(=O)NCC(C)c1cc(C(=O)c2ccccc2)cc2ccc(I)cc12. The minimum atomic E-state index is -0.158. The second kappa shape index (κ2) is 9.87. The van der Waals surface area contributed by atoms with Crippen molar-refractivity contribution in [3.8, 4) is 0 Å². The van der Waals surface area contributed by atoms with E-state index in [0.717, 1.165) is 26.3 Å². The Balaban J connectivity index is 1.94. The van der Waals surface area contributed by atoms with Crippen molar-refractivity contribution < 1.29 is 9.59 Å².